The molecule has 1 fully saturated rings. The fourth-order valence-corrected chi connectivity index (χ4v) is 3.86. The Hall–Kier alpha value is -0.520. The normalized spacial score (nSPS) is 21.5. The number of carbonyl (C=O) groups is 1. The van der Waals surface area contributed by atoms with Crippen molar-refractivity contribution in [1.29, 1.82) is 0 Å². The van der Waals surface area contributed by atoms with Crippen molar-refractivity contribution in [3.05, 3.63) is 34.3 Å². The van der Waals surface area contributed by atoms with E-state index in [2.05, 4.69) is 27.1 Å². The Morgan fingerprint density at radius 1 is 1.63 bits per heavy atom. The predicted molar refractivity (Wildman–Crippen MR) is 84.1 cm³/mol. The molecular weight excluding hydrogens is 324 g/mol. The first-order chi connectivity index (χ1) is 9.11. The summed E-state index contributed by atoms with van der Waals surface area (Å²) in [5.74, 6) is 1.56. The van der Waals surface area contributed by atoms with Crippen LogP contribution in [0, 0.1) is 5.92 Å². The molecule has 104 valence electrons. The fraction of sp³-hybridized carbons (Fsp3) is 0.500. The van der Waals surface area contributed by atoms with Gasteiger partial charge in [-0.15, -0.1) is 0 Å². The maximum absolute atomic E-state index is 11.8. The van der Waals surface area contributed by atoms with Crippen molar-refractivity contribution in [2.24, 2.45) is 11.7 Å². The van der Waals surface area contributed by atoms with Gasteiger partial charge in [-0.3, -0.25) is 9.69 Å². The van der Waals surface area contributed by atoms with Crippen LogP contribution in [0.1, 0.15) is 18.0 Å². The zero-order valence-corrected chi connectivity index (χ0v) is 13.4. The van der Waals surface area contributed by atoms with Gasteiger partial charge in [0.1, 0.15) is 6.04 Å². The van der Waals surface area contributed by atoms with Crippen molar-refractivity contribution < 1.29 is 4.79 Å². The minimum absolute atomic E-state index is 0.261. The summed E-state index contributed by atoms with van der Waals surface area (Å²) in [6.45, 7) is 1.91. The van der Waals surface area contributed by atoms with Gasteiger partial charge in [-0.05, 0) is 48.6 Å². The van der Waals surface area contributed by atoms with E-state index in [4.69, 9.17) is 5.73 Å². The number of amides is 1. The highest BCUT2D eigenvalue weighted by Crippen LogP contribution is 2.30. The molecule has 1 amide bonds. The van der Waals surface area contributed by atoms with Crippen LogP contribution in [0.3, 0.4) is 0 Å². The first-order valence-electron chi connectivity index (χ1n) is 6.39. The summed E-state index contributed by atoms with van der Waals surface area (Å²) in [6.07, 6.45) is 3.28. The summed E-state index contributed by atoms with van der Waals surface area (Å²) in [7, 11) is 0. The molecule has 19 heavy (non-hydrogen) atoms. The zero-order chi connectivity index (χ0) is 13.8. The van der Waals surface area contributed by atoms with E-state index in [9.17, 15) is 4.79 Å². The number of nitrogens with zero attached hydrogens (tertiary/aromatic N) is 1. The fourth-order valence-electron chi connectivity index (χ4n) is 2.70. The molecule has 1 aromatic carbocycles. The molecular formula is C14H19BrN2OS. The molecule has 2 atom stereocenters. The minimum atomic E-state index is -0.302. The minimum Gasteiger partial charge on any atom is -0.368 e. The van der Waals surface area contributed by atoms with Gasteiger partial charge in [0.05, 0.1) is 0 Å². The van der Waals surface area contributed by atoms with E-state index < -0.39 is 0 Å². The van der Waals surface area contributed by atoms with E-state index in [1.165, 1.54) is 0 Å². The molecule has 3 nitrogen and oxygen atoms in total. The lowest BCUT2D eigenvalue weighted by Gasteiger charge is -2.25. The number of carbonyl (C=O) groups excluding carboxylic acids is 1. The number of rotatable bonds is 5. The summed E-state index contributed by atoms with van der Waals surface area (Å²) < 4.78 is 0.983. The number of thioether (sulfide) groups is 1. The highest BCUT2D eigenvalue weighted by atomic mass is 79.9. The van der Waals surface area contributed by atoms with Gasteiger partial charge >= 0.3 is 0 Å². The average molecular weight is 343 g/mol. The van der Waals surface area contributed by atoms with Crippen LogP contribution in [-0.4, -0.2) is 35.9 Å². The van der Waals surface area contributed by atoms with E-state index in [0.29, 0.717) is 5.92 Å². The third kappa shape index (κ3) is 3.74. The summed E-state index contributed by atoms with van der Waals surface area (Å²) in [6, 6.07) is 7.57. The molecule has 0 aliphatic carbocycles. The predicted octanol–water partition coefficient (Wildman–Crippen LogP) is 2.66. The molecule has 5 heteroatoms. The van der Waals surface area contributed by atoms with Gasteiger partial charge in [0.2, 0.25) is 5.91 Å². The Kier molecular flexibility index (Phi) is 5.30. The van der Waals surface area contributed by atoms with Gasteiger partial charge in [-0.25, -0.2) is 0 Å². The largest absolute Gasteiger partial charge is 0.368 e. The van der Waals surface area contributed by atoms with E-state index in [1.54, 1.807) is 0 Å². The standard InChI is InChI=1S/C14H19BrN2OS/c1-19-9-10-5-6-17(8-10)13(14(16)18)11-3-2-4-12(15)7-11/h2-4,7,10,13H,5-6,8-9H2,1H3,(H2,16,18)/t10-,13+/m0/s1. The summed E-state index contributed by atoms with van der Waals surface area (Å²) in [4.78, 5) is 14.0. The van der Waals surface area contributed by atoms with Gasteiger partial charge in [-0.1, -0.05) is 28.1 Å². The number of hydrogen-bond acceptors (Lipinski definition) is 3. The van der Waals surface area contributed by atoms with Gasteiger partial charge < -0.3 is 5.73 Å². The lowest BCUT2D eigenvalue weighted by molar-refractivity contribution is -0.123. The van der Waals surface area contributed by atoms with E-state index in [1.807, 2.05) is 36.0 Å². The summed E-state index contributed by atoms with van der Waals surface area (Å²) in [5, 5.41) is 0. The average Bonchev–Trinajstić information content (AvgIpc) is 2.78. The highest BCUT2D eigenvalue weighted by Gasteiger charge is 2.32. The van der Waals surface area contributed by atoms with Crippen molar-refractivity contribution in [3.8, 4) is 0 Å². The molecule has 2 rings (SSSR count). The van der Waals surface area contributed by atoms with Crippen molar-refractivity contribution in [1.82, 2.24) is 4.90 Å². The molecule has 0 spiro atoms. The number of benzene rings is 1. The van der Waals surface area contributed by atoms with E-state index in [-0.39, 0.29) is 11.9 Å². The molecule has 0 unspecified atom stereocenters. The lowest BCUT2D eigenvalue weighted by atomic mass is 10.1. The Labute approximate surface area is 127 Å². The second-order valence-electron chi connectivity index (χ2n) is 4.96. The number of halogens is 1. The van der Waals surface area contributed by atoms with Crippen LogP contribution < -0.4 is 5.73 Å². The monoisotopic (exact) mass is 342 g/mol. The summed E-state index contributed by atoms with van der Waals surface area (Å²) in [5.41, 5.74) is 6.60. The topological polar surface area (TPSA) is 46.3 Å². The molecule has 0 radical (unpaired) electrons. The third-order valence-corrected chi connectivity index (χ3v) is 4.82. The van der Waals surface area contributed by atoms with Crippen LogP contribution in [0.2, 0.25) is 0 Å². The second-order valence-corrected chi connectivity index (χ2v) is 6.79. The Morgan fingerprint density at radius 2 is 2.42 bits per heavy atom. The van der Waals surface area contributed by atoms with Crippen LogP contribution >= 0.6 is 27.7 Å². The number of hydrogen-bond donors (Lipinski definition) is 1. The van der Waals surface area contributed by atoms with Gasteiger partial charge in [-0.2, -0.15) is 11.8 Å². The van der Waals surface area contributed by atoms with Crippen molar-refractivity contribution in [2.45, 2.75) is 12.5 Å². The van der Waals surface area contributed by atoms with Crippen LogP contribution in [0.4, 0.5) is 0 Å². The van der Waals surface area contributed by atoms with Crippen molar-refractivity contribution in [2.75, 3.05) is 25.1 Å². The first-order valence-corrected chi connectivity index (χ1v) is 8.58. The molecule has 1 saturated heterocycles. The lowest BCUT2D eigenvalue weighted by Crippen LogP contribution is -2.36. The molecule has 1 aliphatic rings. The maximum Gasteiger partial charge on any atom is 0.239 e. The Balaban J connectivity index is 2.15. The quantitative estimate of drug-likeness (QED) is 0.894. The second kappa shape index (κ2) is 6.77. The Bertz CT molecular complexity index is 455. The third-order valence-electron chi connectivity index (χ3n) is 3.52. The number of nitrogens with two attached hydrogens (primary N) is 1. The summed E-state index contributed by atoms with van der Waals surface area (Å²) >= 11 is 5.32. The molecule has 0 aromatic heterocycles. The molecule has 1 aliphatic heterocycles. The van der Waals surface area contributed by atoms with Crippen LogP contribution in [-0.2, 0) is 4.79 Å². The molecule has 1 aromatic rings. The molecule has 1 heterocycles. The SMILES string of the molecule is CSC[C@H]1CCN([C@@H](C(N)=O)c2cccc(Br)c2)C1. The van der Waals surface area contributed by atoms with Gasteiger partial charge in [0.15, 0.2) is 0 Å². The molecule has 2 N–H and O–H groups in total. The zero-order valence-electron chi connectivity index (χ0n) is 11.0. The smallest absolute Gasteiger partial charge is 0.239 e. The van der Waals surface area contributed by atoms with Crippen LogP contribution in [0.15, 0.2) is 28.7 Å². The van der Waals surface area contributed by atoms with Gasteiger partial charge in [0.25, 0.3) is 0 Å². The highest BCUT2D eigenvalue weighted by molar-refractivity contribution is 9.10. The number of primary amides is 1. The Morgan fingerprint density at radius 3 is 3.05 bits per heavy atom. The maximum atomic E-state index is 11.8. The number of likely N-dealkylation sites (tertiary alicyclic amines) is 1. The van der Waals surface area contributed by atoms with E-state index >= 15 is 0 Å². The van der Waals surface area contributed by atoms with Crippen molar-refractivity contribution >= 4 is 33.6 Å². The molecule has 0 bridgehead atoms. The first kappa shape index (κ1) is 14.9. The van der Waals surface area contributed by atoms with Crippen LogP contribution in [0.25, 0.3) is 0 Å². The van der Waals surface area contributed by atoms with Crippen molar-refractivity contribution in [3.63, 3.8) is 0 Å². The van der Waals surface area contributed by atoms with E-state index in [0.717, 1.165) is 35.3 Å². The molecule has 0 saturated carbocycles. The van der Waals surface area contributed by atoms with Gasteiger partial charge in [0, 0.05) is 11.0 Å². The van der Waals surface area contributed by atoms with Crippen LogP contribution in [0.5, 0.6) is 0 Å².